The highest BCUT2D eigenvalue weighted by molar-refractivity contribution is 4.96. The minimum absolute atomic E-state index is 0.0891. The van der Waals surface area contributed by atoms with Gasteiger partial charge in [-0.1, -0.05) is 0 Å². The molecule has 0 saturated carbocycles. The van der Waals surface area contributed by atoms with Crippen molar-refractivity contribution in [2.24, 2.45) is 0 Å². The van der Waals surface area contributed by atoms with Crippen molar-refractivity contribution in [1.82, 2.24) is 0 Å². The largest absolute Gasteiger partial charge is 0.469 e. The minimum atomic E-state index is -1.04. The lowest BCUT2D eigenvalue weighted by atomic mass is 10.5. The predicted octanol–water partition coefficient (Wildman–Crippen LogP) is 1.51. The first kappa shape index (κ1) is 4.56. The van der Waals surface area contributed by atoms with Crippen molar-refractivity contribution in [3.63, 3.8) is 0 Å². The van der Waals surface area contributed by atoms with Crippen LogP contribution in [-0.4, -0.2) is 6.61 Å². The van der Waals surface area contributed by atoms with Crippen LogP contribution in [0.4, 0.5) is 8.78 Å². The van der Waals surface area contributed by atoms with E-state index in [0.29, 0.717) is 0 Å². The van der Waals surface area contributed by atoms with Gasteiger partial charge in [0.05, 0.1) is 6.61 Å². The van der Waals surface area contributed by atoms with Crippen LogP contribution in [0, 0.1) is 0 Å². The second-order valence-corrected chi connectivity index (χ2v) is 1.28. The quantitative estimate of drug-likeness (QED) is 0.454. The van der Waals surface area contributed by atoms with Gasteiger partial charge in [0.1, 0.15) is 0 Å². The number of hydrogen-bond donors (Lipinski definition) is 0. The molecule has 0 amide bonds. The summed E-state index contributed by atoms with van der Waals surface area (Å²) >= 11 is 0. The summed E-state index contributed by atoms with van der Waals surface area (Å²) in [5, 5.41) is 0. The summed E-state index contributed by atoms with van der Waals surface area (Å²) in [5.74, 6) is -0.764. The third-order valence-electron chi connectivity index (χ3n) is 0.764. The Hall–Kier alpha value is -0.600. The second-order valence-electron chi connectivity index (χ2n) is 1.28. The van der Waals surface area contributed by atoms with Gasteiger partial charge in [0.2, 0.25) is 0 Å². The van der Waals surface area contributed by atoms with E-state index in [2.05, 4.69) is 4.74 Å². The highest BCUT2D eigenvalue weighted by Crippen LogP contribution is 2.19. The molecule has 0 atom stereocenters. The van der Waals surface area contributed by atoms with E-state index >= 15 is 0 Å². The molecule has 3 heteroatoms. The smallest absolute Gasteiger partial charge is 0.305 e. The fourth-order valence-electron chi connectivity index (χ4n) is 0.407. The van der Waals surface area contributed by atoms with Crippen LogP contribution in [0.3, 0.4) is 0 Å². The molecule has 0 aromatic carbocycles. The standard InChI is InChI=1S/C4H4F2O/c5-3-1-2-7-4(3)6/h1-2H2. The number of hydrogen-bond acceptors (Lipinski definition) is 1. The third kappa shape index (κ3) is 0.706. The molecule has 1 heterocycles. The Bertz CT molecular complexity index is 96.3. The fourth-order valence-corrected chi connectivity index (χ4v) is 0.407. The normalized spacial score (nSPS) is 20.3. The van der Waals surface area contributed by atoms with E-state index < -0.39 is 11.8 Å². The van der Waals surface area contributed by atoms with Crippen molar-refractivity contribution >= 4 is 0 Å². The van der Waals surface area contributed by atoms with Gasteiger partial charge in [0.25, 0.3) is 0 Å². The Morgan fingerprint density at radius 1 is 1.43 bits per heavy atom. The zero-order valence-corrected chi connectivity index (χ0v) is 3.58. The number of rotatable bonds is 0. The van der Waals surface area contributed by atoms with Crippen LogP contribution in [0.2, 0.25) is 0 Å². The van der Waals surface area contributed by atoms with E-state index in [9.17, 15) is 8.78 Å². The van der Waals surface area contributed by atoms with Crippen molar-refractivity contribution in [2.75, 3.05) is 6.61 Å². The Morgan fingerprint density at radius 3 is 2.29 bits per heavy atom. The summed E-state index contributed by atoms with van der Waals surface area (Å²) in [4.78, 5) is 0. The maximum Gasteiger partial charge on any atom is 0.305 e. The van der Waals surface area contributed by atoms with Gasteiger partial charge in [-0.25, -0.2) is 4.39 Å². The molecule has 0 aromatic heterocycles. The number of halogens is 2. The zero-order valence-electron chi connectivity index (χ0n) is 3.58. The first-order chi connectivity index (χ1) is 3.30. The molecule has 0 aromatic rings. The van der Waals surface area contributed by atoms with Gasteiger partial charge in [-0.05, 0) is 0 Å². The SMILES string of the molecule is FC1=C(F)OCC1. The van der Waals surface area contributed by atoms with Crippen LogP contribution < -0.4 is 0 Å². The third-order valence-corrected chi connectivity index (χ3v) is 0.764. The molecule has 1 rings (SSSR count). The average molecular weight is 106 g/mol. The van der Waals surface area contributed by atoms with E-state index in [1.54, 1.807) is 0 Å². The first-order valence-electron chi connectivity index (χ1n) is 1.97. The summed E-state index contributed by atoms with van der Waals surface area (Å²) in [6, 6.07) is -1.04. The van der Waals surface area contributed by atoms with E-state index in [1.807, 2.05) is 0 Å². The summed E-state index contributed by atoms with van der Waals surface area (Å²) in [5.41, 5.74) is 0. The molecule has 1 nitrogen and oxygen atoms in total. The molecule has 7 heavy (non-hydrogen) atoms. The number of ether oxygens (including phenoxy) is 1. The van der Waals surface area contributed by atoms with Gasteiger partial charge in [-0.15, -0.1) is 0 Å². The highest BCUT2D eigenvalue weighted by atomic mass is 19.2. The Kier molecular flexibility index (Phi) is 0.964. The Morgan fingerprint density at radius 2 is 2.14 bits per heavy atom. The van der Waals surface area contributed by atoms with Crippen LogP contribution >= 0.6 is 0 Å². The molecule has 0 saturated heterocycles. The van der Waals surface area contributed by atoms with Gasteiger partial charge in [-0.3, -0.25) is 0 Å². The molecule has 0 bridgehead atoms. The van der Waals surface area contributed by atoms with Gasteiger partial charge in [-0.2, -0.15) is 4.39 Å². The Labute approximate surface area is 39.6 Å². The first-order valence-corrected chi connectivity index (χ1v) is 1.97. The maximum absolute atomic E-state index is 11.7. The summed E-state index contributed by atoms with van der Waals surface area (Å²) < 4.78 is 27.4. The molecule has 0 radical (unpaired) electrons. The molecular weight excluding hydrogens is 102 g/mol. The molecule has 0 aliphatic carbocycles. The van der Waals surface area contributed by atoms with Gasteiger partial charge in [0, 0.05) is 6.42 Å². The summed E-state index contributed by atoms with van der Waals surface area (Å²) in [6.45, 7) is 0.150. The van der Waals surface area contributed by atoms with E-state index in [1.165, 1.54) is 0 Å². The summed E-state index contributed by atoms with van der Waals surface area (Å²) in [6.07, 6.45) is 0.0891. The highest BCUT2D eigenvalue weighted by Gasteiger charge is 2.13. The fraction of sp³-hybridized carbons (Fsp3) is 0.500. The van der Waals surface area contributed by atoms with E-state index in [-0.39, 0.29) is 13.0 Å². The van der Waals surface area contributed by atoms with Crippen LogP contribution in [0.25, 0.3) is 0 Å². The lowest BCUT2D eigenvalue weighted by Gasteiger charge is -1.84. The zero-order chi connectivity index (χ0) is 5.28. The predicted molar refractivity (Wildman–Crippen MR) is 19.8 cm³/mol. The van der Waals surface area contributed by atoms with Crippen molar-refractivity contribution in [1.29, 1.82) is 0 Å². The van der Waals surface area contributed by atoms with Crippen LogP contribution in [-0.2, 0) is 4.74 Å². The maximum atomic E-state index is 11.7. The van der Waals surface area contributed by atoms with Gasteiger partial charge in [0.15, 0.2) is 5.83 Å². The van der Waals surface area contributed by atoms with E-state index in [4.69, 9.17) is 0 Å². The van der Waals surface area contributed by atoms with Crippen LogP contribution in [0.15, 0.2) is 11.8 Å². The minimum Gasteiger partial charge on any atom is -0.469 e. The second kappa shape index (κ2) is 1.48. The van der Waals surface area contributed by atoms with Gasteiger partial charge >= 0.3 is 6.01 Å². The molecular formula is C4H4F2O. The van der Waals surface area contributed by atoms with Crippen LogP contribution in [0.5, 0.6) is 0 Å². The average Bonchev–Trinajstić information content (AvgIpc) is 1.91. The molecule has 0 N–H and O–H groups in total. The molecule has 0 spiro atoms. The molecule has 1 aliphatic heterocycles. The molecule has 0 unspecified atom stereocenters. The van der Waals surface area contributed by atoms with Crippen LogP contribution in [0.1, 0.15) is 6.42 Å². The molecule has 0 fully saturated rings. The molecule has 40 valence electrons. The van der Waals surface area contributed by atoms with Crippen molar-refractivity contribution in [2.45, 2.75) is 6.42 Å². The molecule has 1 aliphatic rings. The lowest BCUT2D eigenvalue weighted by molar-refractivity contribution is 0.173. The van der Waals surface area contributed by atoms with Crippen molar-refractivity contribution in [3.8, 4) is 0 Å². The monoisotopic (exact) mass is 106 g/mol. The van der Waals surface area contributed by atoms with Gasteiger partial charge < -0.3 is 4.74 Å². The lowest BCUT2D eigenvalue weighted by Crippen LogP contribution is -1.75. The van der Waals surface area contributed by atoms with E-state index in [0.717, 1.165) is 0 Å². The van der Waals surface area contributed by atoms with Crippen molar-refractivity contribution in [3.05, 3.63) is 11.8 Å². The topological polar surface area (TPSA) is 9.23 Å². The van der Waals surface area contributed by atoms with Crippen molar-refractivity contribution < 1.29 is 13.5 Å². The Balaban J connectivity index is 2.64. The summed E-state index contributed by atoms with van der Waals surface area (Å²) in [7, 11) is 0.